The maximum atomic E-state index is 11.7. The van der Waals surface area contributed by atoms with Crippen molar-refractivity contribution in [2.24, 2.45) is 10.8 Å². The Labute approximate surface area is 118 Å². The first-order valence-electron chi connectivity index (χ1n) is 6.92. The van der Waals surface area contributed by atoms with Gasteiger partial charge in [-0.05, 0) is 37.5 Å². The second kappa shape index (κ2) is 7.26. The van der Waals surface area contributed by atoms with Gasteiger partial charge in [0.15, 0.2) is 5.41 Å². The van der Waals surface area contributed by atoms with Crippen molar-refractivity contribution < 1.29 is 29.7 Å². The molecule has 20 heavy (non-hydrogen) atoms. The summed E-state index contributed by atoms with van der Waals surface area (Å²) in [6, 6.07) is 0. The van der Waals surface area contributed by atoms with Gasteiger partial charge in [-0.3, -0.25) is 14.4 Å². The van der Waals surface area contributed by atoms with Crippen LogP contribution in [0.25, 0.3) is 0 Å². The van der Waals surface area contributed by atoms with Crippen molar-refractivity contribution in [1.82, 2.24) is 0 Å². The highest BCUT2D eigenvalue weighted by Crippen LogP contribution is 2.51. The minimum atomic E-state index is -1.87. The van der Waals surface area contributed by atoms with E-state index in [0.717, 1.165) is 0 Å². The molecule has 0 heterocycles. The maximum absolute atomic E-state index is 11.7. The van der Waals surface area contributed by atoms with Crippen molar-refractivity contribution in [3.8, 4) is 0 Å². The van der Waals surface area contributed by atoms with E-state index in [1.54, 1.807) is 20.8 Å². The molecule has 0 radical (unpaired) electrons. The lowest BCUT2D eigenvalue weighted by Crippen LogP contribution is -2.52. The molecule has 0 amide bonds. The standard InChI is InChI=1S/C14H24O6/c1-4-13(5-2,9-7-8-10(15)16)14(6-3,11(17)18)12(19)20/h4-9H2,1-3H3,(H,15,16)(H,17,18)(H,19,20). The Kier molecular flexibility index (Phi) is 6.68. The average molecular weight is 288 g/mol. The van der Waals surface area contributed by atoms with Gasteiger partial charge in [-0.1, -0.05) is 20.8 Å². The van der Waals surface area contributed by atoms with E-state index in [9.17, 15) is 24.6 Å². The predicted molar refractivity (Wildman–Crippen MR) is 72.5 cm³/mol. The van der Waals surface area contributed by atoms with Gasteiger partial charge in [-0.15, -0.1) is 0 Å². The molecule has 0 aliphatic carbocycles. The molecule has 0 fully saturated rings. The van der Waals surface area contributed by atoms with Crippen LogP contribution < -0.4 is 0 Å². The molecule has 0 rings (SSSR count). The van der Waals surface area contributed by atoms with E-state index >= 15 is 0 Å². The fourth-order valence-electron chi connectivity index (χ4n) is 3.22. The molecule has 0 aromatic heterocycles. The van der Waals surface area contributed by atoms with Gasteiger partial charge >= 0.3 is 17.9 Å². The van der Waals surface area contributed by atoms with Crippen molar-refractivity contribution in [1.29, 1.82) is 0 Å². The number of aliphatic carboxylic acids is 3. The molecular weight excluding hydrogens is 264 g/mol. The average Bonchev–Trinajstić information content (AvgIpc) is 2.36. The first kappa shape index (κ1) is 18.4. The van der Waals surface area contributed by atoms with Crippen LogP contribution >= 0.6 is 0 Å². The van der Waals surface area contributed by atoms with Crippen LogP contribution in [0.1, 0.15) is 59.3 Å². The monoisotopic (exact) mass is 288 g/mol. The summed E-state index contributed by atoms with van der Waals surface area (Å²) in [5.74, 6) is -3.64. The molecule has 6 nitrogen and oxygen atoms in total. The number of rotatable bonds is 10. The van der Waals surface area contributed by atoms with E-state index in [0.29, 0.717) is 12.8 Å². The highest BCUT2D eigenvalue weighted by molar-refractivity contribution is 5.99. The lowest BCUT2D eigenvalue weighted by Gasteiger charge is -2.44. The van der Waals surface area contributed by atoms with Gasteiger partial charge in [0.25, 0.3) is 0 Å². The van der Waals surface area contributed by atoms with Gasteiger partial charge in [0.05, 0.1) is 0 Å². The van der Waals surface area contributed by atoms with E-state index in [1.165, 1.54) is 0 Å². The van der Waals surface area contributed by atoms with Crippen LogP contribution in [0.5, 0.6) is 0 Å². The van der Waals surface area contributed by atoms with Crippen LogP contribution in [-0.4, -0.2) is 33.2 Å². The summed E-state index contributed by atoms with van der Waals surface area (Å²) in [6.45, 7) is 5.08. The molecule has 0 aliphatic rings. The van der Waals surface area contributed by atoms with Crippen molar-refractivity contribution in [3.63, 3.8) is 0 Å². The van der Waals surface area contributed by atoms with E-state index in [4.69, 9.17) is 5.11 Å². The number of hydrogen-bond donors (Lipinski definition) is 3. The third kappa shape index (κ3) is 3.11. The quantitative estimate of drug-likeness (QED) is 0.533. The number of carboxylic acid groups (broad SMARTS) is 3. The third-order valence-electron chi connectivity index (χ3n) is 4.57. The summed E-state index contributed by atoms with van der Waals surface area (Å²) >= 11 is 0. The van der Waals surface area contributed by atoms with Crippen molar-refractivity contribution in [3.05, 3.63) is 0 Å². The summed E-state index contributed by atoms with van der Waals surface area (Å²) in [6.07, 6.45) is 1.22. The topological polar surface area (TPSA) is 112 Å². The maximum Gasteiger partial charge on any atom is 0.321 e. The molecule has 0 spiro atoms. The summed E-state index contributed by atoms with van der Waals surface area (Å²) in [5, 5.41) is 27.7. The van der Waals surface area contributed by atoms with Crippen LogP contribution in [0.2, 0.25) is 0 Å². The molecule has 0 aromatic rings. The minimum Gasteiger partial charge on any atom is -0.481 e. The SMILES string of the molecule is CCC(CC)(CCCC(=O)O)C(CC)(C(=O)O)C(=O)O. The molecule has 0 saturated heterocycles. The second-order valence-electron chi connectivity index (χ2n) is 5.10. The van der Waals surface area contributed by atoms with Gasteiger partial charge in [-0.2, -0.15) is 0 Å². The summed E-state index contributed by atoms with van der Waals surface area (Å²) in [4.78, 5) is 33.9. The van der Waals surface area contributed by atoms with E-state index in [-0.39, 0.29) is 25.7 Å². The van der Waals surface area contributed by atoms with Crippen LogP contribution in [0.3, 0.4) is 0 Å². The molecule has 116 valence electrons. The molecule has 0 aliphatic heterocycles. The van der Waals surface area contributed by atoms with Crippen LogP contribution in [-0.2, 0) is 14.4 Å². The number of hydrogen-bond acceptors (Lipinski definition) is 3. The Bertz CT molecular complexity index is 356. The summed E-state index contributed by atoms with van der Waals surface area (Å²) in [5.41, 5.74) is -2.80. The first-order valence-corrected chi connectivity index (χ1v) is 6.92. The Hall–Kier alpha value is -1.59. The second-order valence-corrected chi connectivity index (χ2v) is 5.10. The van der Waals surface area contributed by atoms with Crippen molar-refractivity contribution >= 4 is 17.9 Å². The number of carbonyl (C=O) groups is 3. The minimum absolute atomic E-state index is 0.0214. The molecule has 6 heteroatoms. The van der Waals surface area contributed by atoms with Gasteiger partial charge < -0.3 is 15.3 Å². The fourth-order valence-corrected chi connectivity index (χ4v) is 3.22. The van der Waals surface area contributed by atoms with Crippen molar-refractivity contribution in [2.45, 2.75) is 59.3 Å². The van der Waals surface area contributed by atoms with Crippen LogP contribution in [0.15, 0.2) is 0 Å². The molecule has 3 N–H and O–H groups in total. The lowest BCUT2D eigenvalue weighted by atomic mass is 9.57. The zero-order valence-electron chi connectivity index (χ0n) is 12.3. The zero-order valence-corrected chi connectivity index (χ0v) is 12.3. The first-order chi connectivity index (χ1) is 9.24. The Morgan fingerprint density at radius 3 is 1.55 bits per heavy atom. The highest BCUT2D eigenvalue weighted by Gasteiger charge is 2.58. The summed E-state index contributed by atoms with van der Waals surface area (Å²) < 4.78 is 0. The predicted octanol–water partition coefficient (Wildman–Crippen LogP) is 2.61. The van der Waals surface area contributed by atoms with Gasteiger partial charge in [0.1, 0.15) is 0 Å². The summed E-state index contributed by atoms with van der Waals surface area (Å²) in [7, 11) is 0. The lowest BCUT2D eigenvalue weighted by molar-refractivity contribution is -0.178. The van der Waals surface area contributed by atoms with Crippen molar-refractivity contribution in [2.75, 3.05) is 0 Å². The molecule has 0 bridgehead atoms. The van der Waals surface area contributed by atoms with E-state index in [2.05, 4.69) is 0 Å². The fraction of sp³-hybridized carbons (Fsp3) is 0.786. The van der Waals surface area contributed by atoms with E-state index in [1.807, 2.05) is 0 Å². The molecule has 0 saturated carbocycles. The number of carboxylic acids is 3. The molecule has 0 unspecified atom stereocenters. The third-order valence-corrected chi connectivity index (χ3v) is 4.57. The van der Waals surface area contributed by atoms with Crippen LogP contribution in [0.4, 0.5) is 0 Å². The Morgan fingerprint density at radius 2 is 1.30 bits per heavy atom. The smallest absolute Gasteiger partial charge is 0.321 e. The van der Waals surface area contributed by atoms with Gasteiger partial charge in [0.2, 0.25) is 0 Å². The molecular formula is C14H24O6. The van der Waals surface area contributed by atoms with E-state index < -0.39 is 28.7 Å². The zero-order chi connectivity index (χ0) is 16.0. The normalized spacial score (nSPS) is 12.2. The molecule has 0 aromatic carbocycles. The largest absolute Gasteiger partial charge is 0.481 e. The molecule has 0 atom stereocenters. The highest BCUT2D eigenvalue weighted by atomic mass is 16.4. The van der Waals surface area contributed by atoms with Gasteiger partial charge in [-0.25, -0.2) is 0 Å². The van der Waals surface area contributed by atoms with Crippen LogP contribution in [0, 0.1) is 10.8 Å². The Balaban J connectivity index is 5.62. The Morgan fingerprint density at radius 1 is 0.850 bits per heavy atom. The van der Waals surface area contributed by atoms with Gasteiger partial charge in [0, 0.05) is 6.42 Å².